The van der Waals surface area contributed by atoms with Crippen LogP contribution >= 0.6 is 11.6 Å². The van der Waals surface area contributed by atoms with Crippen LogP contribution in [0.5, 0.6) is 0 Å². The molecule has 0 fully saturated rings. The lowest BCUT2D eigenvalue weighted by Crippen LogP contribution is -2.31. The highest BCUT2D eigenvalue weighted by Crippen LogP contribution is 2.35. The molecule has 4 heteroatoms. The molecule has 0 heterocycles. The summed E-state index contributed by atoms with van der Waals surface area (Å²) in [5, 5.41) is 14.7. The molecule has 1 aliphatic carbocycles. The maximum absolute atomic E-state index is 8.39. The number of rotatable bonds is 2. The van der Waals surface area contributed by atoms with E-state index in [1.165, 1.54) is 16.5 Å². The molecule has 4 rings (SSSR count). The lowest BCUT2D eigenvalue weighted by Gasteiger charge is -2.22. The van der Waals surface area contributed by atoms with E-state index in [0.717, 1.165) is 16.8 Å². The molecule has 0 aliphatic heterocycles. The van der Waals surface area contributed by atoms with Crippen LogP contribution in [0.3, 0.4) is 0 Å². The zero-order chi connectivity index (χ0) is 16.7. The molecule has 118 valence electrons. The topological polar surface area (TPSA) is 39.1 Å². The molecule has 0 unspecified atom stereocenters. The van der Waals surface area contributed by atoms with Crippen molar-refractivity contribution < 1.29 is 0 Å². The molecule has 0 bridgehead atoms. The van der Waals surface area contributed by atoms with Gasteiger partial charge in [0.25, 0.3) is 0 Å². The zero-order valence-corrected chi connectivity index (χ0v) is 13.9. The van der Waals surface area contributed by atoms with E-state index in [1.54, 1.807) is 4.90 Å². The number of halogens is 1. The van der Waals surface area contributed by atoms with Crippen molar-refractivity contribution in [2.45, 2.75) is 0 Å². The number of nitrogens with one attached hydrogen (secondary N) is 2. The van der Waals surface area contributed by atoms with Gasteiger partial charge in [-0.2, -0.15) is 0 Å². The van der Waals surface area contributed by atoms with Crippen molar-refractivity contribution in [2.24, 2.45) is 0 Å². The summed E-state index contributed by atoms with van der Waals surface area (Å²) >= 11 is 5.93. The lowest BCUT2D eigenvalue weighted by molar-refractivity contribution is 1.21. The number of guanidine groups is 1. The van der Waals surface area contributed by atoms with Crippen LogP contribution in [0.1, 0.15) is 11.1 Å². The standard InChI is InChI=1S/C20H16ClN3/c1-24(16-10-8-15(21)9-11-16)20(22)23-18-12-7-14-6-5-13-3-2-4-17(18)19(13)14/h2-12H,1H3,(H2,22,23). The monoisotopic (exact) mass is 333 g/mol. The molecule has 0 saturated heterocycles. The largest absolute Gasteiger partial charge is 0.326 e. The van der Waals surface area contributed by atoms with Gasteiger partial charge >= 0.3 is 0 Å². The summed E-state index contributed by atoms with van der Waals surface area (Å²) in [6.45, 7) is 0. The summed E-state index contributed by atoms with van der Waals surface area (Å²) in [5.41, 5.74) is 4.29. The fourth-order valence-electron chi connectivity index (χ4n) is 3.03. The Morgan fingerprint density at radius 1 is 0.958 bits per heavy atom. The first-order valence-corrected chi connectivity index (χ1v) is 8.10. The first-order chi connectivity index (χ1) is 11.6. The third-order valence-electron chi connectivity index (χ3n) is 4.35. The van der Waals surface area contributed by atoms with Crippen molar-refractivity contribution in [3.63, 3.8) is 0 Å². The summed E-state index contributed by atoms with van der Waals surface area (Å²) in [6.07, 6.45) is 4.26. The maximum atomic E-state index is 8.39. The summed E-state index contributed by atoms with van der Waals surface area (Å²) in [5.74, 6) is 0.309. The summed E-state index contributed by atoms with van der Waals surface area (Å²) in [4.78, 5) is 1.79. The Bertz CT molecular complexity index is 962. The van der Waals surface area contributed by atoms with Crippen molar-refractivity contribution in [2.75, 3.05) is 17.3 Å². The minimum Gasteiger partial charge on any atom is -0.326 e. The Morgan fingerprint density at radius 3 is 2.42 bits per heavy atom. The Hall–Kier alpha value is -2.78. The second kappa shape index (κ2) is 5.69. The third kappa shape index (κ3) is 2.43. The smallest absolute Gasteiger partial charge is 0.199 e. The van der Waals surface area contributed by atoms with Crippen LogP contribution in [0.4, 0.5) is 11.4 Å². The van der Waals surface area contributed by atoms with Crippen LogP contribution in [-0.2, 0) is 0 Å². The summed E-state index contributed by atoms with van der Waals surface area (Å²) in [7, 11) is 1.86. The lowest BCUT2D eigenvalue weighted by atomic mass is 10.0. The van der Waals surface area contributed by atoms with Gasteiger partial charge in [0.1, 0.15) is 0 Å². The second-order valence-corrected chi connectivity index (χ2v) is 6.25. The Labute approximate surface area is 145 Å². The molecular formula is C20H16ClN3. The van der Waals surface area contributed by atoms with E-state index in [-0.39, 0.29) is 0 Å². The predicted molar refractivity (Wildman–Crippen MR) is 104 cm³/mol. The van der Waals surface area contributed by atoms with Gasteiger partial charge in [-0.05, 0) is 46.8 Å². The highest BCUT2D eigenvalue weighted by Gasteiger charge is 2.14. The molecule has 3 aromatic carbocycles. The molecule has 0 saturated carbocycles. The minimum absolute atomic E-state index is 0.309. The number of anilines is 2. The molecular weight excluding hydrogens is 318 g/mol. The van der Waals surface area contributed by atoms with Crippen LogP contribution in [-0.4, -0.2) is 13.0 Å². The van der Waals surface area contributed by atoms with E-state index < -0.39 is 0 Å². The first kappa shape index (κ1) is 14.8. The van der Waals surface area contributed by atoms with Crippen molar-refractivity contribution in [3.05, 3.63) is 70.7 Å². The van der Waals surface area contributed by atoms with Crippen LogP contribution in [0.2, 0.25) is 5.02 Å². The fourth-order valence-corrected chi connectivity index (χ4v) is 3.16. The Morgan fingerprint density at radius 2 is 1.67 bits per heavy atom. The zero-order valence-electron chi connectivity index (χ0n) is 13.2. The minimum atomic E-state index is 0.309. The normalized spacial score (nSPS) is 11.8. The van der Waals surface area contributed by atoms with Crippen molar-refractivity contribution >= 4 is 51.9 Å². The van der Waals surface area contributed by atoms with E-state index in [2.05, 4.69) is 41.7 Å². The molecule has 2 N–H and O–H groups in total. The van der Waals surface area contributed by atoms with Gasteiger partial charge in [0.05, 0.1) is 0 Å². The maximum Gasteiger partial charge on any atom is 0.199 e. The Kier molecular flexibility index (Phi) is 3.51. The number of hydrogen-bond acceptors (Lipinski definition) is 1. The average molecular weight is 334 g/mol. The first-order valence-electron chi connectivity index (χ1n) is 7.72. The molecule has 24 heavy (non-hydrogen) atoms. The quantitative estimate of drug-likeness (QED) is 0.377. The van der Waals surface area contributed by atoms with Crippen LogP contribution < -0.4 is 10.2 Å². The molecule has 0 aromatic heterocycles. The molecule has 1 aliphatic rings. The fraction of sp³-hybridized carbons (Fsp3) is 0.0500. The van der Waals surface area contributed by atoms with E-state index in [9.17, 15) is 0 Å². The van der Waals surface area contributed by atoms with E-state index >= 15 is 0 Å². The van der Waals surface area contributed by atoms with Crippen molar-refractivity contribution in [1.29, 1.82) is 5.41 Å². The number of hydrogen-bond donors (Lipinski definition) is 2. The molecule has 0 spiro atoms. The van der Waals surface area contributed by atoms with Gasteiger partial charge in [-0.1, -0.05) is 48.0 Å². The van der Waals surface area contributed by atoms with Gasteiger partial charge < -0.3 is 10.2 Å². The van der Waals surface area contributed by atoms with Gasteiger partial charge in [0, 0.05) is 28.8 Å². The van der Waals surface area contributed by atoms with E-state index in [0.29, 0.717) is 11.0 Å². The highest BCUT2D eigenvalue weighted by atomic mass is 35.5. The van der Waals surface area contributed by atoms with Gasteiger partial charge in [-0.15, -0.1) is 0 Å². The van der Waals surface area contributed by atoms with Crippen LogP contribution in [0, 0.1) is 5.41 Å². The van der Waals surface area contributed by atoms with Gasteiger partial charge in [-0.3, -0.25) is 5.41 Å². The molecule has 0 amide bonds. The van der Waals surface area contributed by atoms with Gasteiger partial charge in [0.15, 0.2) is 5.96 Å². The highest BCUT2D eigenvalue weighted by molar-refractivity contribution is 6.30. The van der Waals surface area contributed by atoms with Gasteiger partial charge in [0.2, 0.25) is 0 Å². The summed E-state index contributed by atoms with van der Waals surface area (Å²) in [6, 6.07) is 17.8. The number of benzene rings is 3. The van der Waals surface area contributed by atoms with Crippen molar-refractivity contribution in [3.8, 4) is 0 Å². The molecule has 3 nitrogen and oxygen atoms in total. The number of nitrogens with zero attached hydrogens (tertiary/aromatic N) is 1. The predicted octanol–water partition coefficient (Wildman–Crippen LogP) is 5.46. The third-order valence-corrected chi connectivity index (χ3v) is 4.60. The Balaban J connectivity index is 1.65. The molecule has 0 atom stereocenters. The van der Waals surface area contributed by atoms with E-state index in [1.807, 2.05) is 37.4 Å². The van der Waals surface area contributed by atoms with E-state index in [4.69, 9.17) is 17.0 Å². The SMILES string of the molecule is CN(C(=N)Nc1ccc2c3c(cccc13)C=C2)c1ccc(Cl)cc1. The molecule has 0 radical (unpaired) electrons. The second-order valence-electron chi connectivity index (χ2n) is 5.81. The van der Waals surface area contributed by atoms with Crippen molar-refractivity contribution in [1.82, 2.24) is 0 Å². The summed E-state index contributed by atoms with van der Waals surface area (Å²) < 4.78 is 0. The molecule has 3 aromatic rings. The van der Waals surface area contributed by atoms with Crippen LogP contribution in [0.15, 0.2) is 54.6 Å². The van der Waals surface area contributed by atoms with Crippen LogP contribution in [0.25, 0.3) is 22.9 Å². The average Bonchev–Trinajstić information content (AvgIpc) is 3.02. The van der Waals surface area contributed by atoms with Gasteiger partial charge in [-0.25, -0.2) is 0 Å².